The second-order valence-corrected chi connectivity index (χ2v) is 5.91. The molecule has 0 aliphatic carbocycles. The van der Waals surface area contributed by atoms with Gasteiger partial charge in [0.1, 0.15) is 11.9 Å². The second kappa shape index (κ2) is 5.88. The molecule has 0 saturated heterocycles. The number of hydrogen-bond donors (Lipinski definition) is 1. The van der Waals surface area contributed by atoms with Gasteiger partial charge in [-0.3, -0.25) is 4.79 Å². The molecular formula is C16H14BrN3O2. The molecule has 3 rings (SSSR count). The van der Waals surface area contributed by atoms with Gasteiger partial charge >= 0.3 is 0 Å². The van der Waals surface area contributed by atoms with Crippen LogP contribution >= 0.6 is 15.9 Å². The number of carbonyl (C=O) groups is 1. The predicted octanol–water partition coefficient (Wildman–Crippen LogP) is 3.53. The third kappa shape index (κ3) is 2.87. The Morgan fingerprint density at radius 2 is 1.95 bits per heavy atom. The zero-order valence-electron chi connectivity index (χ0n) is 12.2. The number of carbonyl (C=O) groups excluding carboxylic acids is 1. The highest BCUT2D eigenvalue weighted by Crippen LogP contribution is 2.23. The third-order valence-corrected chi connectivity index (χ3v) is 4.00. The molecule has 5 nitrogen and oxygen atoms in total. The SMILES string of the molecule is Cc1ncnc(C)c1CNC(=O)c1cc2ccc(Br)cc2o1. The molecule has 2 aromatic heterocycles. The van der Waals surface area contributed by atoms with Crippen LogP contribution in [0.3, 0.4) is 0 Å². The molecule has 1 aromatic carbocycles. The maximum Gasteiger partial charge on any atom is 0.287 e. The van der Waals surface area contributed by atoms with Crippen molar-refractivity contribution in [3.63, 3.8) is 0 Å². The molecule has 0 saturated carbocycles. The van der Waals surface area contributed by atoms with E-state index in [0.29, 0.717) is 17.9 Å². The van der Waals surface area contributed by atoms with E-state index in [0.717, 1.165) is 26.8 Å². The first kappa shape index (κ1) is 14.7. The summed E-state index contributed by atoms with van der Waals surface area (Å²) >= 11 is 3.38. The van der Waals surface area contributed by atoms with E-state index in [4.69, 9.17) is 4.42 Å². The number of benzene rings is 1. The number of hydrogen-bond acceptors (Lipinski definition) is 4. The number of nitrogens with one attached hydrogen (secondary N) is 1. The molecule has 0 bridgehead atoms. The summed E-state index contributed by atoms with van der Waals surface area (Å²) < 4.78 is 6.50. The van der Waals surface area contributed by atoms with Crippen LogP contribution in [0.4, 0.5) is 0 Å². The van der Waals surface area contributed by atoms with Crippen molar-refractivity contribution in [2.75, 3.05) is 0 Å². The van der Waals surface area contributed by atoms with Gasteiger partial charge in [0.25, 0.3) is 5.91 Å². The molecule has 22 heavy (non-hydrogen) atoms. The number of aromatic nitrogens is 2. The molecule has 1 N–H and O–H groups in total. The third-order valence-electron chi connectivity index (χ3n) is 3.51. The summed E-state index contributed by atoms with van der Waals surface area (Å²) in [5, 5.41) is 3.74. The fourth-order valence-corrected chi connectivity index (χ4v) is 2.59. The quantitative estimate of drug-likeness (QED) is 0.776. The minimum atomic E-state index is -0.255. The summed E-state index contributed by atoms with van der Waals surface area (Å²) in [5.74, 6) is 0.0373. The minimum absolute atomic E-state index is 0.255. The zero-order chi connectivity index (χ0) is 15.7. The van der Waals surface area contributed by atoms with E-state index in [-0.39, 0.29) is 5.91 Å². The van der Waals surface area contributed by atoms with Gasteiger partial charge in [-0.15, -0.1) is 0 Å². The van der Waals surface area contributed by atoms with Crippen LogP contribution in [0, 0.1) is 13.8 Å². The van der Waals surface area contributed by atoms with Gasteiger partial charge in [0.15, 0.2) is 5.76 Å². The Hall–Kier alpha value is -2.21. The van der Waals surface area contributed by atoms with Crippen molar-refractivity contribution in [2.24, 2.45) is 0 Å². The van der Waals surface area contributed by atoms with Crippen LogP contribution in [0.15, 0.2) is 39.5 Å². The number of nitrogens with zero attached hydrogens (tertiary/aromatic N) is 2. The molecule has 6 heteroatoms. The van der Waals surface area contributed by atoms with Gasteiger partial charge in [-0.05, 0) is 38.1 Å². The van der Waals surface area contributed by atoms with E-state index in [1.807, 2.05) is 32.0 Å². The number of fused-ring (bicyclic) bond motifs is 1. The Kier molecular flexibility index (Phi) is 3.94. The molecule has 0 atom stereocenters. The Labute approximate surface area is 135 Å². The van der Waals surface area contributed by atoms with E-state index in [1.165, 1.54) is 6.33 Å². The fourth-order valence-electron chi connectivity index (χ4n) is 2.25. The van der Waals surface area contributed by atoms with Crippen molar-refractivity contribution in [1.29, 1.82) is 0 Å². The first-order chi connectivity index (χ1) is 10.5. The van der Waals surface area contributed by atoms with Gasteiger partial charge in [0.2, 0.25) is 0 Å². The molecule has 0 fully saturated rings. The van der Waals surface area contributed by atoms with Gasteiger partial charge in [-0.25, -0.2) is 9.97 Å². The summed E-state index contributed by atoms with van der Waals surface area (Å²) in [4.78, 5) is 20.5. The fraction of sp³-hybridized carbons (Fsp3) is 0.188. The standard InChI is InChI=1S/C16H14BrN3O2/c1-9-13(10(2)20-8-19-9)7-18-16(21)15-5-11-3-4-12(17)6-14(11)22-15/h3-6,8H,7H2,1-2H3,(H,18,21). The lowest BCUT2D eigenvalue weighted by atomic mass is 10.1. The van der Waals surface area contributed by atoms with Crippen molar-refractivity contribution in [3.8, 4) is 0 Å². The second-order valence-electron chi connectivity index (χ2n) is 5.00. The molecule has 2 heterocycles. The first-order valence-electron chi connectivity index (χ1n) is 6.79. The first-order valence-corrected chi connectivity index (χ1v) is 7.58. The number of rotatable bonds is 3. The molecular weight excluding hydrogens is 346 g/mol. The highest BCUT2D eigenvalue weighted by Gasteiger charge is 2.13. The minimum Gasteiger partial charge on any atom is -0.451 e. The maximum absolute atomic E-state index is 12.2. The molecule has 0 unspecified atom stereocenters. The normalized spacial score (nSPS) is 10.9. The largest absolute Gasteiger partial charge is 0.451 e. The molecule has 0 aliphatic heterocycles. The van der Waals surface area contributed by atoms with Crippen LogP contribution in [0.1, 0.15) is 27.5 Å². The van der Waals surface area contributed by atoms with Gasteiger partial charge in [-0.2, -0.15) is 0 Å². The Balaban J connectivity index is 1.79. The Bertz CT molecular complexity index is 837. The average molecular weight is 360 g/mol. The Morgan fingerprint density at radius 1 is 1.23 bits per heavy atom. The summed E-state index contributed by atoms with van der Waals surface area (Å²) in [6.45, 7) is 4.17. The monoisotopic (exact) mass is 359 g/mol. The highest BCUT2D eigenvalue weighted by molar-refractivity contribution is 9.10. The van der Waals surface area contributed by atoms with E-state index in [9.17, 15) is 4.79 Å². The molecule has 0 aliphatic rings. The van der Waals surface area contributed by atoms with E-state index in [2.05, 4.69) is 31.2 Å². The van der Waals surface area contributed by atoms with Crippen LogP contribution in [0.25, 0.3) is 11.0 Å². The van der Waals surface area contributed by atoms with Crippen molar-refractivity contribution in [3.05, 3.63) is 57.8 Å². The van der Waals surface area contributed by atoms with E-state index < -0.39 is 0 Å². The number of furan rings is 1. The lowest BCUT2D eigenvalue weighted by Crippen LogP contribution is -2.23. The van der Waals surface area contributed by atoms with Crippen molar-refractivity contribution in [2.45, 2.75) is 20.4 Å². The van der Waals surface area contributed by atoms with Gasteiger partial charge in [0, 0.05) is 33.4 Å². The van der Waals surface area contributed by atoms with E-state index >= 15 is 0 Å². The molecule has 0 spiro atoms. The van der Waals surface area contributed by atoms with Gasteiger partial charge in [0.05, 0.1) is 0 Å². The topological polar surface area (TPSA) is 68.0 Å². The Morgan fingerprint density at radius 3 is 2.68 bits per heavy atom. The summed E-state index contributed by atoms with van der Waals surface area (Å²) in [6.07, 6.45) is 1.52. The smallest absolute Gasteiger partial charge is 0.287 e. The lowest BCUT2D eigenvalue weighted by molar-refractivity contribution is 0.0925. The zero-order valence-corrected chi connectivity index (χ0v) is 13.8. The van der Waals surface area contributed by atoms with Gasteiger partial charge < -0.3 is 9.73 Å². The summed E-state index contributed by atoms with van der Waals surface area (Å²) in [5.41, 5.74) is 3.33. The molecule has 3 aromatic rings. The van der Waals surface area contributed by atoms with Crippen molar-refractivity contribution >= 4 is 32.8 Å². The van der Waals surface area contributed by atoms with Gasteiger partial charge in [-0.1, -0.05) is 15.9 Å². The van der Waals surface area contributed by atoms with Crippen LogP contribution in [-0.2, 0) is 6.54 Å². The van der Waals surface area contributed by atoms with Crippen LogP contribution in [0.5, 0.6) is 0 Å². The number of aryl methyl sites for hydroxylation is 2. The lowest BCUT2D eigenvalue weighted by Gasteiger charge is -2.08. The number of halogens is 1. The molecule has 112 valence electrons. The van der Waals surface area contributed by atoms with Crippen LogP contribution in [-0.4, -0.2) is 15.9 Å². The maximum atomic E-state index is 12.2. The highest BCUT2D eigenvalue weighted by atomic mass is 79.9. The average Bonchev–Trinajstić information content (AvgIpc) is 2.89. The molecule has 0 radical (unpaired) electrons. The van der Waals surface area contributed by atoms with E-state index in [1.54, 1.807) is 6.07 Å². The predicted molar refractivity (Wildman–Crippen MR) is 86.6 cm³/mol. The molecule has 1 amide bonds. The van der Waals surface area contributed by atoms with Crippen LogP contribution in [0.2, 0.25) is 0 Å². The summed E-state index contributed by atoms with van der Waals surface area (Å²) in [6, 6.07) is 7.39. The summed E-state index contributed by atoms with van der Waals surface area (Å²) in [7, 11) is 0. The van der Waals surface area contributed by atoms with Crippen molar-refractivity contribution in [1.82, 2.24) is 15.3 Å². The number of amides is 1. The van der Waals surface area contributed by atoms with Crippen LogP contribution < -0.4 is 5.32 Å². The van der Waals surface area contributed by atoms with Crippen molar-refractivity contribution < 1.29 is 9.21 Å².